The highest BCUT2D eigenvalue weighted by molar-refractivity contribution is 9.10. The highest BCUT2D eigenvalue weighted by Gasteiger charge is 2.25. The Balaban J connectivity index is 2.12. The van der Waals surface area contributed by atoms with Crippen LogP contribution in [0.2, 0.25) is 0 Å². The number of nitrogens with two attached hydrogens (primary N) is 1. The number of thiophene rings is 1. The molecular weight excluding hydrogens is 364 g/mol. The van der Waals surface area contributed by atoms with Gasteiger partial charge in [-0.05, 0) is 43.7 Å². The molecule has 0 radical (unpaired) electrons. The van der Waals surface area contributed by atoms with Crippen LogP contribution in [0.3, 0.4) is 0 Å². The molecule has 0 fully saturated rings. The molecule has 2 amide bonds. The molecule has 116 valence electrons. The van der Waals surface area contributed by atoms with Gasteiger partial charge in [0.15, 0.2) is 0 Å². The lowest BCUT2D eigenvalue weighted by molar-refractivity contribution is -0.130. The quantitative estimate of drug-likeness (QED) is 0.780. The number of hydrogen-bond donors (Lipinski definition) is 2. The number of benzene rings is 1. The van der Waals surface area contributed by atoms with E-state index in [9.17, 15) is 9.59 Å². The summed E-state index contributed by atoms with van der Waals surface area (Å²) in [5.41, 5.74) is 7.10. The number of amides is 2. The van der Waals surface area contributed by atoms with Crippen LogP contribution in [0.1, 0.15) is 15.3 Å². The van der Waals surface area contributed by atoms with E-state index in [-0.39, 0.29) is 5.91 Å². The van der Waals surface area contributed by atoms with Crippen molar-refractivity contribution in [1.29, 1.82) is 0 Å². The van der Waals surface area contributed by atoms with Crippen LogP contribution in [-0.4, -0.2) is 11.8 Å². The van der Waals surface area contributed by atoms with E-state index in [0.29, 0.717) is 12.1 Å². The van der Waals surface area contributed by atoms with Gasteiger partial charge in [0.2, 0.25) is 11.8 Å². The Bertz CT molecular complexity index is 712. The van der Waals surface area contributed by atoms with Crippen molar-refractivity contribution in [3.63, 3.8) is 0 Å². The number of halogens is 1. The predicted octanol–water partition coefficient (Wildman–Crippen LogP) is 3.41. The summed E-state index contributed by atoms with van der Waals surface area (Å²) in [5, 5.41) is 2.75. The lowest BCUT2D eigenvalue weighted by Gasteiger charge is -2.13. The molecule has 22 heavy (non-hydrogen) atoms. The number of carbonyl (C=O) groups excluding carboxylic acids is 2. The van der Waals surface area contributed by atoms with Crippen molar-refractivity contribution in [1.82, 2.24) is 0 Å². The molecule has 1 heterocycles. The van der Waals surface area contributed by atoms with Crippen LogP contribution in [0.4, 0.5) is 5.69 Å². The van der Waals surface area contributed by atoms with E-state index in [1.54, 1.807) is 23.5 Å². The fourth-order valence-electron chi connectivity index (χ4n) is 2.02. The van der Waals surface area contributed by atoms with Crippen LogP contribution < -0.4 is 11.1 Å². The predicted molar refractivity (Wildman–Crippen MR) is 93.0 cm³/mol. The molecule has 0 bridgehead atoms. The number of nitrogens with one attached hydrogen (secondary N) is 1. The van der Waals surface area contributed by atoms with Gasteiger partial charge in [-0.3, -0.25) is 9.59 Å². The maximum absolute atomic E-state index is 12.3. The second-order valence-electron chi connectivity index (χ2n) is 5.12. The normalized spacial score (nSPS) is 12.0. The summed E-state index contributed by atoms with van der Waals surface area (Å²) in [5.74, 6) is -1.87. The third-order valence-corrected chi connectivity index (χ3v) is 5.18. The number of primary amides is 1. The highest BCUT2D eigenvalue weighted by Crippen LogP contribution is 2.23. The fraction of sp³-hybridized carbons (Fsp3) is 0.250. The zero-order chi connectivity index (χ0) is 16.3. The minimum Gasteiger partial charge on any atom is -0.369 e. The first-order valence-electron chi connectivity index (χ1n) is 6.78. The van der Waals surface area contributed by atoms with Crippen molar-refractivity contribution in [2.75, 3.05) is 5.32 Å². The topological polar surface area (TPSA) is 72.2 Å². The average Bonchev–Trinajstić information content (AvgIpc) is 2.85. The van der Waals surface area contributed by atoms with Gasteiger partial charge in [0, 0.05) is 26.3 Å². The Morgan fingerprint density at radius 2 is 2.00 bits per heavy atom. The van der Waals surface area contributed by atoms with Crippen LogP contribution in [0.15, 0.2) is 34.8 Å². The zero-order valence-corrected chi connectivity index (χ0v) is 14.8. The van der Waals surface area contributed by atoms with Crippen molar-refractivity contribution >= 4 is 44.8 Å². The molecular formula is C16H17BrN2O2S. The van der Waals surface area contributed by atoms with E-state index < -0.39 is 11.8 Å². The largest absolute Gasteiger partial charge is 0.369 e. The van der Waals surface area contributed by atoms with Gasteiger partial charge in [0.25, 0.3) is 0 Å². The Labute approximate surface area is 141 Å². The van der Waals surface area contributed by atoms with Gasteiger partial charge in [-0.25, -0.2) is 0 Å². The summed E-state index contributed by atoms with van der Waals surface area (Å²) >= 11 is 4.98. The van der Waals surface area contributed by atoms with Crippen LogP contribution >= 0.6 is 27.3 Å². The van der Waals surface area contributed by atoms with Gasteiger partial charge in [0.1, 0.15) is 5.92 Å². The zero-order valence-electron chi connectivity index (χ0n) is 12.4. The molecule has 0 aliphatic carbocycles. The summed E-state index contributed by atoms with van der Waals surface area (Å²) in [4.78, 5) is 26.1. The monoisotopic (exact) mass is 380 g/mol. The highest BCUT2D eigenvalue weighted by atomic mass is 79.9. The first-order valence-corrected chi connectivity index (χ1v) is 8.39. The number of anilines is 1. The number of rotatable bonds is 5. The third kappa shape index (κ3) is 4.18. The molecule has 3 N–H and O–H groups in total. The molecule has 1 atom stereocenters. The average molecular weight is 381 g/mol. The number of hydrogen-bond acceptors (Lipinski definition) is 3. The van der Waals surface area contributed by atoms with E-state index in [1.807, 2.05) is 32.0 Å². The standard InChI is InChI=1S/C16H17BrN2O2S/c1-9-3-5-11(7-14(9)17)19-16(21)13(15(18)20)8-12-6-4-10(2)22-12/h3-7,13H,8H2,1-2H3,(H2,18,20)(H,19,21). The molecule has 6 heteroatoms. The second-order valence-corrected chi connectivity index (χ2v) is 7.35. The van der Waals surface area contributed by atoms with Crippen LogP contribution in [-0.2, 0) is 16.0 Å². The van der Waals surface area contributed by atoms with Crippen molar-refractivity contribution in [3.8, 4) is 0 Å². The first-order chi connectivity index (χ1) is 10.4. The summed E-state index contributed by atoms with van der Waals surface area (Å²) in [6.07, 6.45) is 0.326. The minimum absolute atomic E-state index is 0.326. The van der Waals surface area contributed by atoms with Gasteiger partial charge in [0.05, 0.1) is 0 Å². The molecule has 0 aliphatic heterocycles. The third-order valence-electron chi connectivity index (χ3n) is 3.30. The minimum atomic E-state index is -0.877. The van der Waals surface area contributed by atoms with E-state index >= 15 is 0 Å². The summed E-state index contributed by atoms with van der Waals surface area (Å²) in [7, 11) is 0. The Morgan fingerprint density at radius 1 is 1.27 bits per heavy atom. The SMILES string of the molecule is Cc1ccc(CC(C(N)=O)C(=O)Nc2ccc(C)c(Br)c2)s1. The lowest BCUT2D eigenvalue weighted by Crippen LogP contribution is -2.35. The summed E-state index contributed by atoms with van der Waals surface area (Å²) < 4.78 is 0.898. The lowest BCUT2D eigenvalue weighted by atomic mass is 10.0. The molecule has 0 saturated carbocycles. The molecule has 0 aliphatic rings. The van der Waals surface area contributed by atoms with Gasteiger partial charge in [-0.15, -0.1) is 11.3 Å². The van der Waals surface area contributed by atoms with Crippen LogP contribution in [0.25, 0.3) is 0 Å². The molecule has 2 rings (SSSR count). The fourth-order valence-corrected chi connectivity index (χ4v) is 3.33. The second kappa shape index (κ2) is 7.07. The van der Waals surface area contributed by atoms with Crippen molar-refractivity contribution in [3.05, 3.63) is 50.1 Å². The van der Waals surface area contributed by atoms with Gasteiger partial charge in [-0.1, -0.05) is 22.0 Å². The number of aryl methyl sites for hydroxylation is 2. The first kappa shape index (κ1) is 16.7. The Morgan fingerprint density at radius 3 is 2.55 bits per heavy atom. The summed E-state index contributed by atoms with van der Waals surface area (Å²) in [6, 6.07) is 9.38. The maximum Gasteiger partial charge on any atom is 0.237 e. The molecule has 1 unspecified atom stereocenters. The van der Waals surface area contributed by atoms with E-state index in [4.69, 9.17) is 5.73 Å². The van der Waals surface area contributed by atoms with Crippen molar-refractivity contribution < 1.29 is 9.59 Å². The van der Waals surface area contributed by atoms with Gasteiger partial charge < -0.3 is 11.1 Å². The Kier molecular flexibility index (Phi) is 5.37. The summed E-state index contributed by atoms with van der Waals surface area (Å²) in [6.45, 7) is 3.94. The molecule has 2 aromatic rings. The van der Waals surface area contributed by atoms with Crippen LogP contribution in [0.5, 0.6) is 0 Å². The van der Waals surface area contributed by atoms with Crippen LogP contribution in [0, 0.1) is 19.8 Å². The smallest absolute Gasteiger partial charge is 0.237 e. The maximum atomic E-state index is 12.3. The van der Waals surface area contributed by atoms with E-state index in [0.717, 1.165) is 19.8 Å². The molecule has 4 nitrogen and oxygen atoms in total. The number of carbonyl (C=O) groups is 2. The molecule has 1 aromatic heterocycles. The Hall–Kier alpha value is -1.66. The van der Waals surface area contributed by atoms with Crippen molar-refractivity contribution in [2.45, 2.75) is 20.3 Å². The van der Waals surface area contributed by atoms with Crippen molar-refractivity contribution in [2.24, 2.45) is 11.7 Å². The molecule has 0 saturated heterocycles. The molecule has 1 aromatic carbocycles. The van der Waals surface area contributed by atoms with Gasteiger partial charge >= 0.3 is 0 Å². The van der Waals surface area contributed by atoms with E-state index in [1.165, 1.54) is 0 Å². The van der Waals surface area contributed by atoms with Gasteiger partial charge in [-0.2, -0.15) is 0 Å². The molecule has 0 spiro atoms. The van der Waals surface area contributed by atoms with E-state index in [2.05, 4.69) is 21.2 Å².